The van der Waals surface area contributed by atoms with Crippen molar-refractivity contribution >= 4 is 6.71 Å². The molecule has 4 bridgehead atoms. The first-order chi connectivity index (χ1) is 8.66. The van der Waals surface area contributed by atoms with Crippen LogP contribution in [0.3, 0.4) is 0 Å². The van der Waals surface area contributed by atoms with Gasteiger partial charge in [0.2, 0.25) is 0 Å². The molecular weight excluding hydrogens is 215 g/mol. The molecule has 2 aliphatic heterocycles. The third-order valence-corrected chi connectivity index (χ3v) is 7.78. The Labute approximate surface area is 113 Å². The first-order valence-electron chi connectivity index (χ1n) is 8.66. The summed E-state index contributed by atoms with van der Waals surface area (Å²) < 4.78 is 0. The summed E-state index contributed by atoms with van der Waals surface area (Å²) in [6.07, 6.45) is 14.2. The molecule has 0 aromatic rings. The molecule has 0 aromatic heterocycles. The van der Waals surface area contributed by atoms with E-state index in [4.69, 9.17) is 0 Å². The number of rotatable bonds is 1. The maximum absolute atomic E-state index is 2.55. The number of fused-ring (bicyclic) bond motifs is 5. The fourth-order valence-corrected chi connectivity index (χ4v) is 6.56. The molecule has 5 rings (SSSR count). The van der Waals surface area contributed by atoms with Crippen molar-refractivity contribution in [3.63, 3.8) is 0 Å². The van der Waals surface area contributed by atoms with Crippen LogP contribution in [0.5, 0.6) is 0 Å². The fourth-order valence-electron chi connectivity index (χ4n) is 6.56. The molecule has 0 aromatic carbocycles. The Bertz CT molecular complexity index is 299. The molecule has 0 N–H and O–H groups in total. The van der Waals surface area contributed by atoms with Crippen molar-refractivity contribution in [3.8, 4) is 0 Å². The first-order valence-corrected chi connectivity index (χ1v) is 8.66. The van der Waals surface area contributed by atoms with Gasteiger partial charge in [0.05, 0.1) is 0 Å². The van der Waals surface area contributed by atoms with Crippen LogP contribution in [0.25, 0.3) is 0 Å². The lowest BCUT2D eigenvalue weighted by Crippen LogP contribution is -2.53. The molecule has 2 unspecified atom stereocenters. The maximum Gasteiger partial charge on any atom is 0.149 e. The van der Waals surface area contributed by atoms with Crippen LogP contribution < -0.4 is 0 Å². The summed E-state index contributed by atoms with van der Waals surface area (Å²) in [6.45, 7) is 6.25. The predicted molar refractivity (Wildman–Crippen MR) is 79.3 cm³/mol. The summed E-state index contributed by atoms with van der Waals surface area (Å²) in [7, 11) is 0. The molecule has 3 saturated carbocycles. The van der Waals surface area contributed by atoms with Gasteiger partial charge in [0.15, 0.2) is 0 Å². The van der Waals surface area contributed by atoms with Crippen LogP contribution >= 0.6 is 0 Å². The fraction of sp³-hybridized carbons (Fsp3) is 1.00. The zero-order valence-corrected chi connectivity index (χ0v) is 12.3. The summed E-state index contributed by atoms with van der Waals surface area (Å²) in [5.74, 6) is 5.59. The second-order valence-corrected chi connectivity index (χ2v) is 8.64. The Balaban J connectivity index is 1.51. The van der Waals surface area contributed by atoms with Gasteiger partial charge in [-0.15, -0.1) is 0 Å². The first kappa shape index (κ1) is 11.9. The molecule has 2 saturated heterocycles. The highest BCUT2D eigenvalue weighted by Gasteiger charge is 2.56. The van der Waals surface area contributed by atoms with Gasteiger partial charge in [-0.3, -0.25) is 0 Å². The summed E-state index contributed by atoms with van der Waals surface area (Å²) >= 11 is 0. The third kappa shape index (κ3) is 1.58. The highest BCUT2D eigenvalue weighted by molar-refractivity contribution is 6.64. The lowest BCUT2D eigenvalue weighted by molar-refractivity contribution is -0.0656. The zero-order chi connectivity index (χ0) is 12.3. The van der Waals surface area contributed by atoms with Gasteiger partial charge in [-0.1, -0.05) is 82.7 Å². The van der Waals surface area contributed by atoms with Gasteiger partial charge in [-0.05, 0) is 23.7 Å². The van der Waals surface area contributed by atoms with Crippen molar-refractivity contribution in [2.45, 2.75) is 89.1 Å². The quantitative estimate of drug-likeness (QED) is 0.540. The van der Waals surface area contributed by atoms with E-state index in [2.05, 4.69) is 13.8 Å². The SMILES string of the molecule is CC1(C)C2CC(B3C4CCCC3CCC4)CC1C2. The minimum Gasteiger partial charge on any atom is -0.0617 e. The monoisotopic (exact) mass is 244 g/mol. The van der Waals surface area contributed by atoms with E-state index in [1.54, 1.807) is 57.8 Å². The number of hydrogen-bond donors (Lipinski definition) is 0. The van der Waals surface area contributed by atoms with Crippen molar-refractivity contribution in [1.29, 1.82) is 0 Å². The molecule has 18 heavy (non-hydrogen) atoms. The van der Waals surface area contributed by atoms with E-state index in [0.29, 0.717) is 5.41 Å². The molecule has 2 atom stereocenters. The molecular formula is C17H29B. The van der Waals surface area contributed by atoms with Gasteiger partial charge in [0.1, 0.15) is 6.71 Å². The Hall–Kier alpha value is 0.0649. The number of hydrogen-bond acceptors (Lipinski definition) is 0. The molecule has 100 valence electrons. The van der Waals surface area contributed by atoms with Crippen LogP contribution in [0.2, 0.25) is 17.5 Å². The summed E-state index contributed by atoms with van der Waals surface area (Å²) in [5.41, 5.74) is 0.709. The van der Waals surface area contributed by atoms with Gasteiger partial charge < -0.3 is 0 Å². The predicted octanol–water partition coefficient (Wildman–Crippen LogP) is 5.42. The highest BCUT2D eigenvalue weighted by atomic mass is 14.6. The Morgan fingerprint density at radius 3 is 1.67 bits per heavy atom. The van der Waals surface area contributed by atoms with Crippen LogP contribution in [-0.4, -0.2) is 6.71 Å². The third-order valence-electron chi connectivity index (χ3n) is 7.78. The van der Waals surface area contributed by atoms with E-state index in [1.165, 1.54) is 0 Å². The topological polar surface area (TPSA) is 0 Å². The molecule has 0 nitrogen and oxygen atoms in total. The van der Waals surface area contributed by atoms with E-state index in [-0.39, 0.29) is 0 Å². The molecule has 5 fully saturated rings. The molecule has 1 heteroatoms. The smallest absolute Gasteiger partial charge is 0.0617 e. The minimum atomic E-state index is 0.709. The summed E-state index contributed by atoms with van der Waals surface area (Å²) in [6, 6.07) is 0. The van der Waals surface area contributed by atoms with Gasteiger partial charge in [-0.2, -0.15) is 0 Å². The largest absolute Gasteiger partial charge is 0.149 e. The van der Waals surface area contributed by atoms with Crippen molar-refractivity contribution in [3.05, 3.63) is 0 Å². The minimum absolute atomic E-state index is 0.709. The van der Waals surface area contributed by atoms with Crippen LogP contribution in [0.1, 0.15) is 71.6 Å². The molecule has 0 amide bonds. The lowest BCUT2D eigenvalue weighted by Gasteiger charge is -2.61. The summed E-state index contributed by atoms with van der Waals surface area (Å²) in [4.78, 5) is 0. The molecule has 0 radical (unpaired) electrons. The van der Waals surface area contributed by atoms with Gasteiger partial charge in [-0.25, -0.2) is 0 Å². The van der Waals surface area contributed by atoms with E-state index in [1.807, 2.05) is 0 Å². The van der Waals surface area contributed by atoms with E-state index >= 15 is 0 Å². The molecule has 3 aliphatic carbocycles. The Morgan fingerprint density at radius 1 is 0.722 bits per heavy atom. The van der Waals surface area contributed by atoms with E-state index in [0.717, 1.165) is 36.0 Å². The van der Waals surface area contributed by atoms with Gasteiger partial charge in [0.25, 0.3) is 0 Å². The molecule has 5 aliphatic rings. The second kappa shape index (κ2) is 4.03. The van der Waals surface area contributed by atoms with Crippen LogP contribution in [0.15, 0.2) is 0 Å². The normalized spacial score (nSPS) is 49.7. The Kier molecular flexibility index (Phi) is 2.65. The Morgan fingerprint density at radius 2 is 1.22 bits per heavy atom. The highest BCUT2D eigenvalue weighted by Crippen LogP contribution is 2.65. The standard InChI is InChI=1S/C17H29B/c1-17(2)12-9-13(17)11-16(10-12)18-14-5-3-6-15(18)8-4-7-14/h12-16H,3-11H2,1-2H3. The average molecular weight is 244 g/mol. The van der Waals surface area contributed by atoms with Crippen LogP contribution in [0.4, 0.5) is 0 Å². The molecule has 2 heterocycles. The van der Waals surface area contributed by atoms with Crippen molar-refractivity contribution in [2.24, 2.45) is 17.3 Å². The van der Waals surface area contributed by atoms with E-state index in [9.17, 15) is 0 Å². The van der Waals surface area contributed by atoms with E-state index < -0.39 is 0 Å². The summed E-state index contributed by atoms with van der Waals surface area (Å²) in [5, 5.41) is 0. The van der Waals surface area contributed by atoms with Gasteiger partial charge in [0, 0.05) is 0 Å². The van der Waals surface area contributed by atoms with Crippen molar-refractivity contribution < 1.29 is 0 Å². The van der Waals surface area contributed by atoms with Crippen LogP contribution in [-0.2, 0) is 0 Å². The maximum atomic E-state index is 2.55. The van der Waals surface area contributed by atoms with Crippen LogP contribution in [0, 0.1) is 17.3 Å². The van der Waals surface area contributed by atoms with Gasteiger partial charge >= 0.3 is 0 Å². The van der Waals surface area contributed by atoms with Crippen molar-refractivity contribution in [2.75, 3.05) is 0 Å². The molecule has 0 spiro atoms. The van der Waals surface area contributed by atoms with Crippen molar-refractivity contribution in [1.82, 2.24) is 0 Å². The zero-order valence-electron chi connectivity index (χ0n) is 12.3. The lowest BCUT2D eigenvalue weighted by atomic mass is 9.19. The second-order valence-electron chi connectivity index (χ2n) is 8.64. The average Bonchev–Trinajstić information content (AvgIpc) is 2.37.